The van der Waals surface area contributed by atoms with E-state index in [0.29, 0.717) is 23.2 Å². The molecule has 0 saturated carbocycles. The standard InChI is InChI=1S/C14H24N2O2S2/c1-3-12-6-5-9-16(11-12)20(17,18)14-8-7-13(19-14)10-15-4-2/h7-8,12,15H,3-6,9-11H2,1-2H3. The number of piperidine rings is 1. The van der Waals surface area contributed by atoms with E-state index in [1.807, 2.05) is 13.0 Å². The molecule has 114 valence electrons. The van der Waals surface area contributed by atoms with Gasteiger partial charge in [-0.1, -0.05) is 20.3 Å². The van der Waals surface area contributed by atoms with E-state index in [2.05, 4.69) is 12.2 Å². The van der Waals surface area contributed by atoms with E-state index in [1.165, 1.54) is 11.3 Å². The van der Waals surface area contributed by atoms with Gasteiger partial charge in [0.05, 0.1) is 0 Å². The number of nitrogens with zero attached hydrogens (tertiary/aromatic N) is 1. The zero-order chi connectivity index (χ0) is 14.6. The van der Waals surface area contributed by atoms with E-state index in [9.17, 15) is 8.42 Å². The first-order valence-electron chi connectivity index (χ1n) is 7.37. The molecule has 0 radical (unpaired) electrons. The van der Waals surface area contributed by atoms with Crippen molar-refractivity contribution >= 4 is 21.4 Å². The maximum Gasteiger partial charge on any atom is 0.252 e. The first-order chi connectivity index (χ1) is 9.57. The summed E-state index contributed by atoms with van der Waals surface area (Å²) in [6.07, 6.45) is 3.19. The topological polar surface area (TPSA) is 49.4 Å². The number of nitrogens with one attached hydrogen (secondary N) is 1. The lowest BCUT2D eigenvalue weighted by molar-refractivity contribution is 0.262. The van der Waals surface area contributed by atoms with Gasteiger partial charge in [-0.15, -0.1) is 11.3 Å². The fourth-order valence-corrected chi connectivity index (χ4v) is 5.58. The van der Waals surface area contributed by atoms with E-state index in [-0.39, 0.29) is 0 Å². The monoisotopic (exact) mass is 316 g/mol. The summed E-state index contributed by atoms with van der Waals surface area (Å²) in [4.78, 5) is 1.08. The lowest BCUT2D eigenvalue weighted by atomic mass is 9.97. The lowest BCUT2D eigenvalue weighted by Gasteiger charge is -2.30. The van der Waals surface area contributed by atoms with Gasteiger partial charge in [0.1, 0.15) is 4.21 Å². The molecule has 1 aliphatic rings. The molecule has 1 aliphatic heterocycles. The zero-order valence-electron chi connectivity index (χ0n) is 12.3. The summed E-state index contributed by atoms with van der Waals surface area (Å²) >= 11 is 1.39. The Morgan fingerprint density at radius 1 is 1.40 bits per heavy atom. The van der Waals surface area contributed by atoms with Crippen LogP contribution in [0, 0.1) is 5.92 Å². The molecule has 1 N–H and O–H groups in total. The Kier molecular flexibility index (Phi) is 5.60. The molecular formula is C14H24N2O2S2. The Bertz CT molecular complexity index is 525. The van der Waals surface area contributed by atoms with Crippen LogP contribution in [0.25, 0.3) is 0 Å². The van der Waals surface area contributed by atoms with Crippen LogP contribution in [0.2, 0.25) is 0 Å². The smallest absolute Gasteiger partial charge is 0.252 e. The molecule has 0 aromatic carbocycles. The molecule has 0 spiro atoms. The van der Waals surface area contributed by atoms with E-state index >= 15 is 0 Å². The van der Waals surface area contributed by atoms with Gasteiger partial charge >= 0.3 is 0 Å². The molecule has 0 aliphatic carbocycles. The van der Waals surface area contributed by atoms with Gasteiger partial charge in [0.15, 0.2) is 0 Å². The van der Waals surface area contributed by atoms with Crippen LogP contribution in [0.4, 0.5) is 0 Å². The van der Waals surface area contributed by atoms with Gasteiger partial charge in [0, 0.05) is 24.5 Å². The number of rotatable bonds is 6. The summed E-state index contributed by atoms with van der Waals surface area (Å²) in [5.74, 6) is 0.514. The first-order valence-corrected chi connectivity index (χ1v) is 9.63. The van der Waals surface area contributed by atoms with E-state index in [0.717, 1.165) is 37.2 Å². The molecule has 1 saturated heterocycles. The van der Waals surface area contributed by atoms with Crippen molar-refractivity contribution in [3.05, 3.63) is 17.0 Å². The van der Waals surface area contributed by atoms with Crippen LogP contribution in [0.15, 0.2) is 16.3 Å². The summed E-state index contributed by atoms with van der Waals surface area (Å²) in [5, 5.41) is 3.23. The Labute approximate surface area is 126 Å². The molecule has 0 amide bonds. The predicted octanol–water partition coefficient (Wildman–Crippen LogP) is 2.67. The third-order valence-corrected chi connectivity index (χ3v) is 7.26. The van der Waals surface area contributed by atoms with Gasteiger partial charge in [0.25, 0.3) is 10.0 Å². The van der Waals surface area contributed by atoms with Crippen LogP contribution < -0.4 is 5.32 Å². The Hall–Kier alpha value is -0.430. The van der Waals surface area contributed by atoms with E-state index < -0.39 is 10.0 Å². The van der Waals surface area contributed by atoms with Crippen molar-refractivity contribution < 1.29 is 8.42 Å². The highest BCUT2D eigenvalue weighted by Gasteiger charge is 2.30. The SMILES string of the molecule is CCNCc1ccc(S(=O)(=O)N2CCCC(CC)C2)s1. The molecule has 0 bridgehead atoms. The van der Waals surface area contributed by atoms with Gasteiger partial charge in [-0.05, 0) is 37.4 Å². The Balaban J connectivity index is 2.11. The van der Waals surface area contributed by atoms with Crippen molar-refractivity contribution in [2.45, 2.75) is 43.9 Å². The van der Waals surface area contributed by atoms with Crippen LogP contribution in [0.1, 0.15) is 38.0 Å². The maximum atomic E-state index is 12.7. The van der Waals surface area contributed by atoms with Crippen molar-refractivity contribution in [1.82, 2.24) is 9.62 Å². The first kappa shape index (κ1) is 15.9. The molecule has 1 aromatic rings. The van der Waals surface area contributed by atoms with Crippen molar-refractivity contribution in [3.63, 3.8) is 0 Å². The minimum Gasteiger partial charge on any atom is -0.312 e. The highest BCUT2D eigenvalue weighted by atomic mass is 32.2. The van der Waals surface area contributed by atoms with Crippen LogP contribution in [0.3, 0.4) is 0 Å². The minimum atomic E-state index is -3.29. The summed E-state index contributed by atoms with van der Waals surface area (Å²) in [5.41, 5.74) is 0. The van der Waals surface area contributed by atoms with Gasteiger partial charge in [-0.25, -0.2) is 8.42 Å². The minimum absolute atomic E-state index is 0.488. The highest BCUT2D eigenvalue weighted by molar-refractivity contribution is 7.91. The van der Waals surface area contributed by atoms with Crippen molar-refractivity contribution in [2.75, 3.05) is 19.6 Å². The maximum absolute atomic E-state index is 12.7. The molecule has 1 atom stereocenters. The average molecular weight is 316 g/mol. The summed E-state index contributed by atoms with van der Waals surface area (Å²) in [6, 6.07) is 3.67. The Morgan fingerprint density at radius 3 is 2.90 bits per heavy atom. The molecule has 2 heterocycles. The zero-order valence-corrected chi connectivity index (χ0v) is 13.9. The van der Waals surface area contributed by atoms with Crippen molar-refractivity contribution in [2.24, 2.45) is 5.92 Å². The van der Waals surface area contributed by atoms with E-state index in [1.54, 1.807) is 10.4 Å². The molecule has 2 rings (SSSR count). The molecule has 20 heavy (non-hydrogen) atoms. The fourth-order valence-electron chi connectivity index (χ4n) is 2.55. The second-order valence-corrected chi connectivity index (χ2v) is 8.61. The van der Waals surface area contributed by atoms with Gasteiger partial charge in [-0.2, -0.15) is 4.31 Å². The molecule has 6 heteroatoms. The summed E-state index contributed by atoms with van der Waals surface area (Å²) in [6.45, 7) is 7.17. The molecule has 1 unspecified atom stereocenters. The van der Waals surface area contributed by atoms with Gasteiger partial charge in [0.2, 0.25) is 0 Å². The van der Waals surface area contributed by atoms with E-state index in [4.69, 9.17) is 0 Å². The second-order valence-electron chi connectivity index (χ2n) is 5.28. The van der Waals surface area contributed by atoms with Crippen LogP contribution >= 0.6 is 11.3 Å². The lowest BCUT2D eigenvalue weighted by Crippen LogP contribution is -2.39. The Morgan fingerprint density at radius 2 is 2.20 bits per heavy atom. The predicted molar refractivity (Wildman–Crippen MR) is 83.5 cm³/mol. The number of thiophene rings is 1. The number of sulfonamides is 1. The van der Waals surface area contributed by atoms with Crippen LogP contribution in [0.5, 0.6) is 0 Å². The highest BCUT2D eigenvalue weighted by Crippen LogP contribution is 2.29. The normalized spacial score (nSPS) is 21.2. The second kappa shape index (κ2) is 7.02. The van der Waals surface area contributed by atoms with Crippen LogP contribution in [-0.4, -0.2) is 32.4 Å². The third kappa shape index (κ3) is 3.61. The molecular weight excluding hydrogens is 292 g/mol. The molecule has 1 fully saturated rings. The van der Waals surface area contributed by atoms with Crippen molar-refractivity contribution in [3.8, 4) is 0 Å². The quantitative estimate of drug-likeness (QED) is 0.878. The third-order valence-electron chi connectivity index (χ3n) is 3.84. The summed E-state index contributed by atoms with van der Waals surface area (Å²) < 4.78 is 27.5. The van der Waals surface area contributed by atoms with Gasteiger partial charge in [-0.3, -0.25) is 0 Å². The molecule has 1 aromatic heterocycles. The average Bonchev–Trinajstić information content (AvgIpc) is 2.94. The van der Waals surface area contributed by atoms with Crippen LogP contribution in [-0.2, 0) is 16.6 Å². The largest absolute Gasteiger partial charge is 0.312 e. The number of hydrogen-bond donors (Lipinski definition) is 1. The van der Waals surface area contributed by atoms with Crippen molar-refractivity contribution in [1.29, 1.82) is 0 Å². The fraction of sp³-hybridized carbons (Fsp3) is 0.714. The van der Waals surface area contributed by atoms with Gasteiger partial charge < -0.3 is 5.32 Å². The summed E-state index contributed by atoms with van der Waals surface area (Å²) in [7, 11) is -3.29. The number of hydrogen-bond acceptors (Lipinski definition) is 4. The molecule has 4 nitrogen and oxygen atoms in total.